The summed E-state index contributed by atoms with van der Waals surface area (Å²) in [7, 11) is 6.00. The number of carbonyl (C=O) groups excluding carboxylic acids is 1. The highest BCUT2D eigenvalue weighted by Gasteiger charge is 2.27. The van der Waals surface area contributed by atoms with Gasteiger partial charge in [-0.05, 0) is 98.0 Å². The maximum absolute atomic E-state index is 12.7. The minimum absolute atomic E-state index is 0. The van der Waals surface area contributed by atoms with E-state index >= 15 is 0 Å². The van der Waals surface area contributed by atoms with Gasteiger partial charge in [0.1, 0.15) is 5.75 Å². The standard InChI is InChI=1S/C31H35NO3.ClH/c1-6-35-31(33)28-19-22(18-24-11-7-8-12-26(24)28)17-23-15-16-25(20-32(3)4)30(21(23)2)27-13-9-10-14-29(27)34-5;/h7-14,17-19,25H,6,15-16,20H2,1-5H3;1H/b23-17+;. The van der Waals surface area contributed by atoms with Gasteiger partial charge in [0, 0.05) is 12.1 Å². The lowest BCUT2D eigenvalue weighted by Gasteiger charge is -2.32. The predicted molar refractivity (Wildman–Crippen MR) is 152 cm³/mol. The zero-order valence-corrected chi connectivity index (χ0v) is 22.7. The summed E-state index contributed by atoms with van der Waals surface area (Å²) in [6.07, 6.45) is 4.30. The summed E-state index contributed by atoms with van der Waals surface area (Å²) in [5.41, 5.74) is 6.73. The molecule has 3 aromatic rings. The Hall–Kier alpha value is -3.08. The number of esters is 1. The lowest BCUT2D eigenvalue weighted by atomic mass is 9.76. The molecule has 0 fully saturated rings. The van der Waals surface area contributed by atoms with Gasteiger partial charge in [-0.3, -0.25) is 0 Å². The molecule has 0 heterocycles. The number of ether oxygens (including phenoxy) is 2. The van der Waals surface area contributed by atoms with Crippen molar-refractivity contribution < 1.29 is 14.3 Å². The van der Waals surface area contributed by atoms with E-state index in [0.29, 0.717) is 18.1 Å². The van der Waals surface area contributed by atoms with Crippen molar-refractivity contribution >= 4 is 40.8 Å². The Morgan fingerprint density at radius 3 is 2.53 bits per heavy atom. The molecule has 1 aliphatic rings. The molecule has 36 heavy (non-hydrogen) atoms. The SMILES string of the molecule is CCOC(=O)c1cc(/C=C2\CCC(CN(C)C)C(c3ccccc3OC)=C2C)cc2ccccc12.Cl. The smallest absolute Gasteiger partial charge is 0.338 e. The zero-order valence-electron chi connectivity index (χ0n) is 21.8. The van der Waals surface area contributed by atoms with Crippen LogP contribution >= 0.6 is 12.4 Å². The number of hydrogen-bond acceptors (Lipinski definition) is 4. The third-order valence-corrected chi connectivity index (χ3v) is 6.76. The van der Waals surface area contributed by atoms with Crippen LogP contribution in [-0.4, -0.2) is 45.2 Å². The van der Waals surface area contributed by atoms with Crippen LogP contribution in [0.1, 0.15) is 48.2 Å². The number of halogens is 1. The van der Waals surface area contributed by atoms with E-state index < -0.39 is 0 Å². The molecular formula is C31H36ClNO3. The van der Waals surface area contributed by atoms with Gasteiger partial charge in [0.25, 0.3) is 0 Å². The number of hydrogen-bond donors (Lipinski definition) is 0. The van der Waals surface area contributed by atoms with E-state index in [1.165, 1.54) is 16.7 Å². The topological polar surface area (TPSA) is 38.8 Å². The summed E-state index contributed by atoms with van der Waals surface area (Å²) in [4.78, 5) is 15.0. The fourth-order valence-corrected chi connectivity index (χ4v) is 5.23. The molecule has 3 aromatic carbocycles. The molecule has 1 atom stereocenters. The number of nitrogens with zero attached hydrogens (tertiary/aromatic N) is 1. The lowest BCUT2D eigenvalue weighted by Crippen LogP contribution is -2.25. The molecule has 4 rings (SSSR count). The van der Waals surface area contributed by atoms with Crippen molar-refractivity contribution in [3.63, 3.8) is 0 Å². The zero-order chi connectivity index (χ0) is 24.9. The highest BCUT2D eigenvalue weighted by Crippen LogP contribution is 2.43. The van der Waals surface area contributed by atoms with Crippen molar-refractivity contribution in [1.29, 1.82) is 0 Å². The van der Waals surface area contributed by atoms with Crippen molar-refractivity contribution in [2.45, 2.75) is 26.7 Å². The van der Waals surface area contributed by atoms with Crippen molar-refractivity contribution in [3.8, 4) is 5.75 Å². The molecular weight excluding hydrogens is 470 g/mol. The number of methoxy groups -OCH3 is 1. The maximum atomic E-state index is 12.7. The predicted octanol–water partition coefficient (Wildman–Crippen LogP) is 7.28. The molecule has 0 saturated carbocycles. The second-order valence-corrected chi connectivity index (χ2v) is 9.42. The summed E-state index contributed by atoms with van der Waals surface area (Å²) in [6.45, 7) is 5.41. The van der Waals surface area contributed by atoms with Crippen molar-refractivity contribution in [2.75, 3.05) is 34.4 Å². The quantitative estimate of drug-likeness (QED) is 0.316. The minimum Gasteiger partial charge on any atom is -0.496 e. The largest absolute Gasteiger partial charge is 0.496 e. The summed E-state index contributed by atoms with van der Waals surface area (Å²) in [5.74, 6) is 1.05. The van der Waals surface area contributed by atoms with E-state index in [1.807, 2.05) is 43.3 Å². The van der Waals surface area contributed by atoms with Gasteiger partial charge in [0.05, 0.1) is 19.3 Å². The third-order valence-electron chi connectivity index (χ3n) is 6.76. The van der Waals surface area contributed by atoms with E-state index in [0.717, 1.165) is 47.0 Å². The van der Waals surface area contributed by atoms with Crippen LogP contribution in [-0.2, 0) is 4.74 Å². The van der Waals surface area contributed by atoms with Gasteiger partial charge < -0.3 is 14.4 Å². The first-order valence-corrected chi connectivity index (χ1v) is 12.3. The summed E-state index contributed by atoms with van der Waals surface area (Å²) < 4.78 is 11.1. The first kappa shape index (κ1) is 27.5. The highest BCUT2D eigenvalue weighted by atomic mass is 35.5. The van der Waals surface area contributed by atoms with Crippen LogP contribution in [0.3, 0.4) is 0 Å². The van der Waals surface area contributed by atoms with Crippen LogP contribution < -0.4 is 4.74 Å². The Morgan fingerprint density at radius 1 is 1.08 bits per heavy atom. The number of rotatable bonds is 7. The molecule has 0 bridgehead atoms. The van der Waals surface area contributed by atoms with Crippen LogP contribution in [0.4, 0.5) is 0 Å². The van der Waals surface area contributed by atoms with Gasteiger partial charge in [-0.1, -0.05) is 48.5 Å². The molecule has 190 valence electrons. The van der Waals surface area contributed by atoms with Crippen LogP contribution in [0.15, 0.2) is 71.8 Å². The normalized spacial score (nSPS) is 16.8. The lowest BCUT2D eigenvalue weighted by molar-refractivity contribution is 0.0528. The van der Waals surface area contributed by atoms with E-state index in [4.69, 9.17) is 9.47 Å². The summed E-state index contributed by atoms with van der Waals surface area (Å²) in [6, 6.07) is 20.4. The average molecular weight is 506 g/mol. The fourth-order valence-electron chi connectivity index (χ4n) is 5.23. The van der Waals surface area contributed by atoms with Crippen LogP contribution in [0, 0.1) is 5.92 Å². The van der Waals surface area contributed by atoms with Crippen LogP contribution in [0.2, 0.25) is 0 Å². The molecule has 1 unspecified atom stereocenters. The molecule has 0 aliphatic heterocycles. The Labute approximate surface area is 221 Å². The van der Waals surface area contributed by atoms with E-state index in [-0.39, 0.29) is 18.4 Å². The molecule has 0 radical (unpaired) electrons. The van der Waals surface area contributed by atoms with E-state index in [9.17, 15) is 4.79 Å². The van der Waals surface area contributed by atoms with Crippen molar-refractivity contribution in [3.05, 3.63) is 88.5 Å². The second kappa shape index (κ2) is 12.2. The van der Waals surface area contributed by atoms with Gasteiger partial charge in [-0.25, -0.2) is 4.79 Å². The Kier molecular flexibility index (Phi) is 9.36. The minimum atomic E-state index is -0.277. The number of fused-ring (bicyclic) bond motifs is 1. The number of benzene rings is 3. The van der Waals surface area contributed by atoms with Gasteiger partial charge >= 0.3 is 5.97 Å². The van der Waals surface area contributed by atoms with Crippen LogP contribution in [0.5, 0.6) is 5.75 Å². The number of carbonyl (C=O) groups is 1. The van der Waals surface area contributed by atoms with Gasteiger partial charge in [-0.2, -0.15) is 0 Å². The Morgan fingerprint density at radius 2 is 1.81 bits per heavy atom. The Bertz CT molecular complexity index is 1290. The monoisotopic (exact) mass is 505 g/mol. The summed E-state index contributed by atoms with van der Waals surface area (Å²) >= 11 is 0. The second-order valence-electron chi connectivity index (χ2n) is 9.42. The summed E-state index contributed by atoms with van der Waals surface area (Å²) in [5, 5.41) is 1.96. The van der Waals surface area contributed by atoms with E-state index in [2.05, 4.69) is 56.3 Å². The van der Waals surface area contributed by atoms with Gasteiger partial charge in [-0.15, -0.1) is 12.4 Å². The van der Waals surface area contributed by atoms with Crippen molar-refractivity contribution in [2.24, 2.45) is 5.92 Å². The Balaban J connectivity index is 0.00000361. The first-order chi connectivity index (χ1) is 16.9. The maximum Gasteiger partial charge on any atom is 0.338 e. The van der Waals surface area contributed by atoms with Crippen molar-refractivity contribution in [1.82, 2.24) is 4.90 Å². The highest BCUT2D eigenvalue weighted by molar-refractivity contribution is 6.05. The average Bonchev–Trinajstić information content (AvgIpc) is 2.85. The van der Waals surface area contributed by atoms with Crippen LogP contribution in [0.25, 0.3) is 22.4 Å². The molecule has 0 saturated heterocycles. The van der Waals surface area contributed by atoms with Gasteiger partial charge in [0.15, 0.2) is 0 Å². The van der Waals surface area contributed by atoms with Gasteiger partial charge in [0.2, 0.25) is 0 Å². The molecule has 0 aromatic heterocycles. The molecule has 4 nitrogen and oxygen atoms in total. The molecule has 1 aliphatic carbocycles. The molecule has 0 spiro atoms. The third kappa shape index (κ3) is 5.83. The number of para-hydroxylation sites is 1. The fraction of sp³-hybridized carbons (Fsp3) is 0.323. The molecule has 0 amide bonds. The molecule has 0 N–H and O–H groups in total. The number of allylic oxidation sites excluding steroid dienone is 2. The molecule has 5 heteroatoms. The van der Waals surface area contributed by atoms with E-state index in [1.54, 1.807) is 7.11 Å². The first-order valence-electron chi connectivity index (χ1n) is 12.3.